The van der Waals surface area contributed by atoms with Crippen LogP contribution >= 0.6 is 11.3 Å². The van der Waals surface area contributed by atoms with Gasteiger partial charge in [-0.15, -0.1) is 11.3 Å². The van der Waals surface area contributed by atoms with Gasteiger partial charge < -0.3 is 5.32 Å². The summed E-state index contributed by atoms with van der Waals surface area (Å²) in [5.74, 6) is -0.0916. The Hall–Kier alpha value is -2.22. The van der Waals surface area contributed by atoms with Gasteiger partial charge in [0.15, 0.2) is 0 Å². The molecule has 1 aliphatic rings. The van der Waals surface area contributed by atoms with E-state index in [4.69, 9.17) is 0 Å². The minimum absolute atomic E-state index is 0.0916. The number of rotatable bonds is 6. The summed E-state index contributed by atoms with van der Waals surface area (Å²) in [6, 6.07) is 16.7. The van der Waals surface area contributed by atoms with E-state index < -0.39 is 10.0 Å². The molecule has 152 valence electrons. The molecule has 1 fully saturated rings. The summed E-state index contributed by atoms with van der Waals surface area (Å²) in [5.41, 5.74) is 1.32. The Kier molecular flexibility index (Phi) is 5.99. The Morgan fingerprint density at radius 3 is 2.59 bits per heavy atom. The molecule has 0 bridgehead atoms. The Morgan fingerprint density at radius 2 is 1.79 bits per heavy atom. The Morgan fingerprint density at radius 1 is 1.00 bits per heavy atom. The highest BCUT2D eigenvalue weighted by molar-refractivity contribution is 7.91. The van der Waals surface area contributed by atoms with E-state index in [0.717, 1.165) is 41.3 Å². The predicted octanol–water partition coefficient (Wildman–Crippen LogP) is 4.44. The minimum atomic E-state index is -3.61. The van der Waals surface area contributed by atoms with Crippen molar-refractivity contribution in [1.29, 1.82) is 0 Å². The van der Waals surface area contributed by atoms with Crippen LogP contribution in [-0.2, 0) is 16.6 Å². The number of sulfonamides is 1. The van der Waals surface area contributed by atoms with Gasteiger partial charge in [-0.1, -0.05) is 49.6 Å². The predicted molar refractivity (Wildman–Crippen MR) is 117 cm³/mol. The maximum absolute atomic E-state index is 12.7. The molecule has 2 N–H and O–H groups in total. The normalized spacial score (nSPS) is 15.4. The smallest absolute Gasteiger partial charge is 0.251 e. The molecular weight excluding hydrogens is 404 g/mol. The van der Waals surface area contributed by atoms with E-state index in [1.807, 2.05) is 30.3 Å². The van der Waals surface area contributed by atoms with Gasteiger partial charge in [0.25, 0.3) is 5.91 Å². The molecule has 5 nitrogen and oxygen atoms in total. The number of amides is 1. The highest BCUT2D eigenvalue weighted by atomic mass is 32.2. The van der Waals surface area contributed by atoms with Gasteiger partial charge in [-0.2, -0.15) is 0 Å². The lowest BCUT2D eigenvalue weighted by molar-refractivity contribution is 0.0927. The highest BCUT2D eigenvalue weighted by Gasteiger charge is 2.19. The third-order valence-electron chi connectivity index (χ3n) is 5.26. The van der Waals surface area contributed by atoms with Crippen molar-refractivity contribution in [2.24, 2.45) is 0 Å². The number of thiophene rings is 1. The van der Waals surface area contributed by atoms with Crippen molar-refractivity contribution >= 4 is 37.4 Å². The van der Waals surface area contributed by atoms with Crippen molar-refractivity contribution in [3.63, 3.8) is 0 Å². The molecule has 4 rings (SSSR count). The van der Waals surface area contributed by atoms with E-state index in [1.165, 1.54) is 17.8 Å². The first-order chi connectivity index (χ1) is 14.0. The average molecular weight is 429 g/mol. The molecule has 0 atom stereocenters. The number of carbonyl (C=O) groups is 1. The van der Waals surface area contributed by atoms with Crippen LogP contribution in [0.4, 0.5) is 0 Å². The van der Waals surface area contributed by atoms with Gasteiger partial charge in [0.2, 0.25) is 10.0 Å². The van der Waals surface area contributed by atoms with E-state index in [0.29, 0.717) is 9.77 Å². The third kappa shape index (κ3) is 4.86. The molecule has 0 radical (unpaired) electrons. The van der Waals surface area contributed by atoms with Crippen molar-refractivity contribution in [3.8, 4) is 0 Å². The zero-order valence-corrected chi connectivity index (χ0v) is 17.7. The van der Waals surface area contributed by atoms with Crippen molar-refractivity contribution in [2.45, 2.75) is 48.9 Å². The molecule has 1 aliphatic carbocycles. The maximum Gasteiger partial charge on any atom is 0.251 e. The molecule has 1 aromatic heterocycles. The van der Waals surface area contributed by atoms with E-state index in [1.54, 1.807) is 24.3 Å². The number of nitrogens with one attached hydrogen (secondary N) is 2. The standard InChI is InChI=1S/C22H24N2O3S2/c25-22(24-19-10-2-1-3-11-19)18-9-6-7-16(13-18)15-23-29(26,27)21-14-17-8-4-5-12-20(17)28-21/h4-9,12-14,19,23H,1-3,10-11,15H2,(H,24,25). The Bertz CT molecular complexity index is 1080. The summed E-state index contributed by atoms with van der Waals surface area (Å²) in [6.45, 7) is 0.140. The van der Waals surface area contributed by atoms with Gasteiger partial charge in [0.05, 0.1) is 0 Å². The van der Waals surface area contributed by atoms with Crippen LogP contribution in [0.2, 0.25) is 0 Å². The lowest BCUT2D eigenvalue weighted by Gasteiger charge is -2.22. The van der Waals surface area contributed by atoms with Crippen molar-refractivity contribution < 1.29 is 13.2 Å². The summed E-state index contributed by atoms with van der Waals surface area (Å²) >= 11 is 1.25. The first kappa shape index (κ1) is 20.1. The quantitative estimate of drug-likeness (QED) is 0.609. The number of carbonyl (C=O) groups excluding carboxylic acids is 1. The largest absolute Gasteiger partial charge is 0.349 e. The highest BCUT2D eigenvalue weighted by Crippen LogP contribution is 2.28. The Labute approximate surface area is 175 Å². The molecule has 1 amide bonds. The van der Waals surface area contributed by atoms with Gasteiger partial charge in [-0.05, 0) is 48.1 Å². The van der Waals surface area contributed by atoms with Gasteiger partial charge in [-0.3, -0.25) is 4.79 Å². The molecule has 0 spiro atoms. The molecule has 1 saturated carbocycles. The fourth-order valence-electron chi connectivity index (χ4n) is 3.68. The van der Waals surface area contributed by atoms with Crippen LogP contribution in [0.1, 0.15) is 48.0 Å². The summed E-state index contributed by atoms with van der Waals surface area (Å²) in [5, 5.41) is 4.02. The van der Waals surface area contributed by atoms with E-state index in [-0.39, 0.29) is 18.5 Å². The zero-order valence-electron chi connectivity index (χ0n) is 16.1. The van der Waals surface area contributed by atoms with E-state index in [9.17, 15) is 13.2 Å². The Balaban J connectivity index is 1.42. The van der Waals surface area contributed by atoms with Gasteiger partial charge in [0.1, 0.15) is 4.21 Å². The summed E-state index contributed by atoms with van der Waals surface area (Å²) in [7, 11) is -3.61. The molecule has 7 heteroatoms. The topological polar surface area (TPSA) is 75.3 Å². The summed E-state index contributed by atoms with van der Waals surface area (Å²) in [6.07, 6.45) is 5.61. The molecule has 0 aliphatic heterocycles. The number of fused-ring (bicyclic) bond motifs is 1. The van der Waals surface area contributed by atoms with Gasteiger partial charge in [0, 0.05) is 22.8 Å². The van der Waals surface area contributed by atoms with E-state index in [2.05, 4.69) is 10.0 Å². The second kappa shape index (κ2) is 8.65. The third-order valence-corrected chi connectivity index (χ3v) is 8.25. The minimum Gasteiger partial charge on any atom is -0.349 e. The van der Waals surface area contributed by atoms with Crippen molar-refractivity contribution in [3.05, 3.63) is 65.7 Å². The van der Waals surface area contributed by atoms with Crippen LogP contribution < -0.4 is 10.0 Å². The van der Waals surface area contributed by atoms with Crippen LogP contribution in [0, 0.1) is 0 Å². The lowest BCUT2D eigenvalue weighted by Crippen LogP contribution is -2.36. The summed E-state index contributed by atoms with van der Waals surface area (Å²) in [4.78, 5) is 12.5. The number of hydrogen-bond acceptors (Lipinski definition) is 4. The van der Waals surface area contributed by atoms with Crippen molar-refractivity contribution in [1.82, 2.24) is 10.0 Å². The van der Waals surface area contributed by atoms with Crippen LogP contribution in [0.25, 0.3) is 10.1 Å². The molecular formula is C22H24N2O3S2. The van der Waals surface area contributed by atoms with Crippen LogP contribution in [-0.4, -0.2) is 20.4 Å². The number of hydrogen-bond donors (Lipinski definition) is 2. The fraction of sp³-hybridized carbons (Fsp3) is 0.318. The fourth-order valence-corrected chi connectivity index (χ4v) is 6.14. The molecule has 0 unspecified atom stereocenters. The van der Waals surface area contributed by atoms with Crippen LogP contribution in [0.3, 0.4) is 0 Å². The van der Waals surface area contributed by atoms with Crippen LogP contribution in [0.5, 0.6) is 0 Å². The van der Waals surface area contributed by atoms with Crippen molar-refractivity contribution in [2.75, 3.05) is 0 Å². The first-order valence-corrected chi connectivity index (χ1v) is 12.2. The van der Waals surface area contributed by atoms with Crippen LogP contribution in [0.15, 0.2) is 58.8 Å². The average Bonchev–Trinajstić information content (AvgIpc) is 3.19. The number of benzene rings is 2. The molecule has 0 saturated heterocycles. The molecule has 2 aromatic carbocycles. The van der Waals surface area contributed by atoms with Gasteiger partial charge in [-0.25, -0.2) is 13.1 Å². The second-order valence-electron chi connectivity index (χ2n) is 7.44. The summed E-state index contributed by atoms with van der Waals surface area (Å²) < 4.78 is 29.2. The van der Waals surface area contributed by atoms with Gasteiger partial charge >= 0.3 is 0 Å². The zero-order chi connectivity index (χ0) is 20.3. The maximum atomic E-state index is 12.7. The lowest BCUT2D eigenvalue weighted by atomic mass is 9.95. The second-order valence-corrected chi connectivity index (χ2v) is 10.5. The monoisotopic (exact) mass is 428 g/mol. The molecule has 1 heterocycles. The molecule has 3 aromatic rings. The SMILES string of the molecule is O=C(NC1CCCCC1)c1cccc(CNS(=O)(=O)c2cc3ccccc3s2)c1. The molecule has 29 heavy (non-hydrogen) atoms. The van der Waals surface area contributed by atoms with E-state index >= 15 is 0 Å². The first-order valence-electron chi connectivity index (χ1n) is 9.89.